The standard InChI is InChI=1S/C13H22N2O/c1-11-12(6-4-8-15-11)16-9-5-7-13(2,3)10-14/h4,6,8H,5,7,9-10,14H2,1-3H3. The van der Waals surface area contributed by atoms with Gasteiger partial charge in [-0.3, -0.25) is 4.98 Å². The summed E-state index contributed by atoms with van der Waals surface area (Å²) in [7, 11) is 0. The van der Waals surface area contributed by atoms with Gasteiger partial charge in [0.1, 0.15) is 5.75 Å². The SMILES string of the molecule is Cc1ncccc1OCCCC(C)(C)CN. The molecule has 0 atom stereocenters. The molecule has 3 heteroatoms. The predicted octanol–water partition coefficient (Wildman–Crippen LogP) is 2.53. The quantitative estimate of drug-likeness (QED) is 0.752. The number of aromatic nitrogens is 1. The second-order valence-corrected chi connectivity index (χ2v) is 4.91. The van der Waals surface area contributed by atoms with Crippen LogP contribution in [-0.2, 0) is 0 Å². The Kier molecular flexibility index (Phi) is 4.74. The minimum absolute atomic E-state index is 0.216. The average molecular weight is 222 g/mol. The highest BCUT2D eigenvalue weighted by atomic mass is 16.5. The van der Waals surface area contributed by atoms with Crippen LogP contribution in [0, 0.1) is 12.3 Å². The van der Waals surface area contributed by atoms with Crippen LogP contribution >= 0.6 is 0 Å². The van der Waals surface area contributed by atoms with E-state index in [9.17, 15) is 0 Å². The van der Waals surface area contributed by atoms with E-state index >= 15 is 0 Å². The maximum absolute atomic E-state index is 5.67. The summed E-state index contributed by atoms with van der Waals surface area (Å²) >= 11 is 0. The van der Waals surface area contributed by atoms with Gasteiger partial charge in [-0.25, -0.2) is 0 Å². The van der Waals surface area contributed by atoms with Gasteiger partial charge in [-0.05, 0) is 43.9 Å². The molecule has 0 unspecified atom stereocenters. The van der Waals surface area contributed by atoms with E-state index in [0.717, 1.165) is 37.4 Å². The summed E-state index contributed by atoms with van der Waals surface area (Å²) in [5.41, 5.74) is 6.83. The third-order valence-electron chi connectivity index (χ3n) is 2.77. The number of nitrogens with zero attached hydrogens (tertiary/aromatic N) is 1. The molecule has 0 spiro atoms. The third-order valence-corrected chi connectivity index (χ3v) is 2.77. The Morgan fingerprint density at radius 3 is 2.81 bits per heavy atom. The van der Waals surface area contributed by atoms with Crippen LogP contribution in [0.15, 0.2) is 18.3 Å². The lowest BCUT2D eigenvalue weighted by Gasteiger charge is -2.21. The Hall–Kier alpha value is -1.09. The van der Waals surface area contributed by atoms with Gasteiger partial charge in [0.25, 0.3) is 0 Å². The fourth-order valence-corrected chi connectivity index (χ4v) is 1.46. The Balaban J connectivity index is 2.29. The van der Waals surface area contributed by atoms with Crippen molar-refractivity contribution in [2.24, 2.45) is 11.1 Å². The fourth-order valence-electron chi connectivity index (χ4n) is 1.46. The zero-order chi connectivity index (χ0) is 12.0. The second-order valence-electron chi connectivity index (χ2n) is 4.91. The van der Waals surface area contributed by atoms with Gasteiger partial charge in [0, 0.05) is 6.20 Å². The van der Waals surface area contributed by atoms with Crippen molar-refractivity contribution < 1.29 is 4.74 Å². The van der Waals surface area contributed by atoms with Crippen LogP contribution < -0.4 is 10.5 Å². The van der Waals surface area contributed by atoms with Crippen LogP contribution in [0.4, 0.5) is 0 Å². The summed E-state index contributed by atoms with van der Waals surface area (Å²) in [5, 5.41) is 0. The molecule has 0 aliphatic carbocycles. The van der Waals surface area contributed by atoms with Crippen molar-refractivity contribution in [1.29, 1.82) is 0 Å². The van der Waals surface area contributed by atoms with Crippen LogP contribution in [0.25, 0.3) is 0 Å². The minimum atomic E-state index is 0.216. The fraction of sp³-hybridized carbons (Fsp3) is 0.615. The molecule has 0 aromatic carbocycles. The van der Waals surface area contributed by atoms with Gasteiger partial charge in [-0.15, -0.1) is 0 Å². The topological polar surface area (TPSA) is 48.1 Å². The number of ether oxygens (including phenoxy) is 1. The zero-order valence-electron chi connectivity index (χ0n) is 10.5. The number of hydrogen-bond donors (Lipinski definition) is 1. The van der Waals surface area contributed by atoms with Crippen molar-refractivity contribution in [2.75, 3.05) is 13.2 Å². The first-order chi connectivity index (χ1) is 7.55. The summed E-state index contributed by atoms with van der Waals surface area (Å²) in [6.45, 7) is 7.78. The van der Waals surface area contributed by atoms with Crippen LogP contribution in [0.1, 0.15) is 32.4 Å². The van der Waals surface area contributed by atoms with Crippen LogP contribution in [-0.4, -0.2) is 18.1 Å². The van der Waals surface area contributed by atoms with E-state index in [1.165, 1.54) is 0 Å². The Bertz CT molecular complexity index is 323. The van der Waals surface area contributed by atoms with E-state index in [4.69, 9.17) is 10.5 Å². The maximum Gasteiger partial charge on any atom is 0.140 e. The molecular formula is C13H22N2O. The van der Waals surface area contributed by atoms with E-state index in [2.05, 4.69) is 18.8 Å². The highest BCUT2D eigenvalue weighted by Gasteiger charge is 2.14. The lowest BCUT2D eigenvalue weighted by atomic mass is 9.88. The highest BCUT2D eigenvalue weighted by molar-refractivity contribution is 5.25. The van der Waals surface area contributed by atoms with Crippen LogP contribution in [0.5, 0.6) is 5.75 Å². The molecule has 0 aliphatic heterocycles. The van der Waals surface area contributed by atoms with Crippen LogP contribution in [0.3, 0.4) is 0 Å². The third kappa shape index (κ3) is 4.19. The molecule has 2 N–H and O–H groups in total. The Morgan fingerprint density at radius 1 is 1.44 bits per heavy atom. The number of nitrogens with two attached hydrogens (primary N) is 1. The first-order valence-electron chi connectivity index (χ1n) is 5.80. The van der Waals surface area contributed by atoms with Gasteiger partial charge in [0.2, 0.25) is 0 Å². The summed E-state index contributed by atoms with van der Waals surface area (Å²) in [6.07, 6.45) is 3.89. The molecule has 0 fully saturated rings. The maximum atomic E-state index is 5.67. The molecule has 1 heterocycles. The van der Waals surface area contributed by atoms with E-state index in [-0.39, 0.29) is 5.41 Å². The summed E-state index contributed by atoms with van der Waals surface area (Å²) in [5.74, 6) is 0.882. The van der Waals surface area contributed by atoms with Gasteiger partial charge < -0.3 is 10.5 Å². The van der Waals surface area contributed by atoms with Crippen molar-refractivity contribution in [1.82, 2.24) is 4.98 Å². The molecule has 0 saturated carbocycles. The lowest BCUT2D eigenvalue weighted by Crippen LogP contribution is -2.24. The molecule has 0 saturated heterocycles. The lowest BCUT2D eigenvalue weighted by molar-refractivity contribution is 0.259. The molecule has 1 aromatic heterocycles. The van der Waals surface area contributed by atoms with E-state index in [0.29, 0.717) is 0 Å². The second kappa shape index (κ2) is 5.85. The molecule has 0 radical (unpaired) electrons. The van der Waals surface area contributed by atoms with Crippen molar-refractivity contribution in [3.63, 3.8) is 0 Å². The number of pyridine rings is 1. The summed E-state index contributed by atoms with van der Waals surface area (Å²) in [4.78, 5) is 4.18. The first kappa shape index (κ1) is 13.0. The Labute approximate surface area is 98.0 Å². The normalized spacial score (nSPS) is 11.5. The van der Waals surface area contributed by atoms with Crippen molar-refractivity contribution in [2.45, 2.75) is 33.6 Å². The number of aryl methyl sites for hydroxylation is 1. The molecule has 0 aliphatic rings. The van der Waals surface area contributed by atoms with Gasteiger partial charge in [-0.1, -0.05) is 13.8 Å². The molecule has 1 rings (SSSR count). The largest absolute Gasteiger partial charge is 0.492 e. The molecule has 16 heavy (non-hydrogen) atoms. The first-order valence-corrected chi connectivity index (χ1v) is 5.80. The van der Waals surface area contributed by atoms with E-state index in [1.54, 1.807) is 6.20 Å². The molecule has 90 valence electrons. The van der Waals surface area contributed by atoms with E-state index < -0.39 is 0 Å². The van der Waals surface area contributed by atoms with Gasteiger partial charge in [-0.2, -0.15) is 0 Å². The van der Waals surface area contributed by atoms with Crippen molar-refractivity contribution in [3.05, 3.63) is 24.0 Å². The van der Waals surface area contributed by atoms with E-state index in [1.807, 2.05) is 19.1 Å². The number of hydrogen-bond acceptors (Lipinski definition) is 3. The smallest absolute Gasteiger partial charge is 0.140 e. The van der Waals surface area contributed by atoms with Gasteiger partial charge in [0.15, 0.2) is 0 Å². The van der Waals surface area contributed by atoms with Crippen LogP contribution in [0.2, 0.25) is 0 Å². The Morgan fingerprint density at radius 2 is 2.19 bits per heavy atom. The summed E-state index contributed by atoms with van der Waals surface area (Å²) in [6, 6.07) is 3.85. The van der Waals surface area contributed by atoms with Gasteiger partial charge >= 0.3 is 0 Å². The molecule has 0 amide bonds. The molecule has 0 bridgehead atoms. The summed E-state index contributed by atoms with van der Waals surface area (Å²) < 4.78 is 5.67. The van der Waals surface area contributed by atoms with Gasteiger partial charge in [0.05, 0.1) is 12.3 Å². The van der Waals surface area contributed by atoms with Crippen molar-refractivity contribution in [3.8, 4) is 5.75 Å². The monoisotopic (exact) mass is 222 g/mol. The van der Waals surface area contributed by atoms with Crippen molar-refractivity contribution >= 4 is 0 Å². The number of rotatable bonds is 6. The minimum Gasteiger partial charge on any atom is -0.492 e. The zero-order valence-corrected chi connectivity index (χ0v) is 10.5. The average Bonchev–Trinajstić information content (AvgIpc) is 2.27. The predicted molar refractivity (Wildman–Crippen MR) is 66.5 cm³/mol. The molecule has 1 aromatic rings. The molecule has 3 nitrogen and oxygen atoms in total. The molecular weight excluding hydrogens is 200 g/mol. The highest BCUT2D eigenvalue weighted by Crippen LogP contribution is 2.21.